The molecule has 116 valence electrons. The van der Waals surface area contributed by atoms with Crippen LogP contribution in [0.15, 0.2) is 0 Å². The topological polar surface area (TPSA) is 61.8 Å². The number of piperidine rings is 1. The largest absolute Gasteiger partial charge is 0.388 e. The van der Waals surface area contributed by atoms with Crippen LogP contribution >= 0.6 is 0 Å². The molecule has 5 heteroatoms. The van der Waals surface area contributed by atoms with Crippen molar-refractivity contribution in [3.63, 3.8) is 0 Å². The number of methoxy groups -OCH3 is 1. The molecule has 1 amide bonds. The van der Waals surface area contributed by atoms with Crippen LogP contribution in [0.25, 0.3) is 0 Å². The standard InChI is InChI=1S/C15H28N2O3/c1-16-13(18)9-15(19)7-4-8-17(11-15)10-14(12-20-2)5-3-6-14/h19H,3-12H2,1-2H3,(H,16,18). The molecule has 2 fully saturated rings. The van der Waals surface area contributed by atoms with Gasteiger partial charge in [0, 0.05) is 32.7 Å². The van der Waals surface area contributed by atoms with E-state index in [-0.39, 0.29) is 17.7 Å². The molecule has 5 nitrogen and oxygen atoms in total. The van der Waals surface area contributed by atoms with Crippen LogP contribution in [0, 0.1) is 5.41 Å². The maximum Gasteiger partial charge on any atom is 0.222 e. The minimum atomic E-state index is -0.865. The number of rotatable bonds is 6. The van der Waals surface area contributed by atoms with Gasteiger partial charge in [-0.1, -0.05) is 6.42 Å². The van der Waals surface area contributed by atoms with Gasteiger partial charge >= 0.3 is 0 Å². The summed E-state index contributed by atoms with van der Waals surface area (Å²) in [5.74, 6) is -0.0791. The monoisotopic (exact) mass is 284 g/mol. The molecule has 2 N–H and O–H groups in total. The SMILES string of the molecule is CNC(=O)CC1(O)CCCN(CC2(COC)CCC2)C1. The Morgan fingerprint density at radius 3 is 2.65 bits per heavy atom. The Kier molecular flexibility index (Phi) is 5.04. The predicted molar refractivity (Wildman–Crippen MR) is 77.5 cm³/mol. The molecule has 0 radical (unpaired) electrons. The highest BCUT2D eigenvalue weighted by molar-refractivity contribution is 5.76. The summed E-state index contributed by atoms with van der Waals surface area (Å²) in [6, 6.07) is 0. The van der Waals surface area contributed by atoms with E-state index < -0.39 is 5.60 Å². The van der Waals surface area contributed by atoms with Crippen molar-refractivity contribution in [3.05, 3.63) is 0 Å². The molecule has 20 heavy (non-hydrogen) atoms. The van der Waals surface area contributed by atoms with Crippen molar-refractivity contribution in [1.82, 2.24) is 10.2 Å². The third-order valence-electron chi connectivity index (χ3n) is 4.83. The van der Waals surface area contributed by atoms with Gasteiger partial charge in [0.05, 0.1) is 18.6 Å². The lowest BCUT2D eigenvalue weighted by atomic mass is 9.68. The highest BCUT2D eigenvalue weighted by Crippen LogP contribution is 2.42. The van der Waals surface area contributed by atoms with Crippen molar-refractivity contribution in [2.45, 2.75) is 44.1 Å². The second-order valence-electron chi connectivity index (χ2n) is 6.68. The molecule has 1 aliphatic carbocycles. The third kappa shape index (κ3) is 3.71. The molecule has 2 aliphatic rings. The molecule has 1 atom stereocenters. The number of carbonyl (C=O) groups excluding carboxylic acids is 1. The molecule has 1 heterocycles. The molecule has 1 saturated carbocycles. The quantitative estimate of drug-likeness (QED) is 0.756. The van der Waals surface area contributed by atoms with Gasteiger partial charge in [0.25, 0.3) is 0 Å². The number of β-amino-alcohol motifs (C(OH)–C–C–N with tert-alkyl or cyclic N) is 1. The zero-order valence-electron chi connectivity index (χ0n) is 12.8. The Labute approximate surface area is 121 Å². The van der Waals surface area contributed by atoms with Crippen LogP contribution in [0.1, 0.15) is 38.5 Å². The molecule has 0 bridgehead atoms. The summed E-state index contributed by atoms with van der Waals surface area (Å²) in [5, 5.41) is 13.2. The first-order valence-electron chi connectivity index (χ1n) is 7.65. The number of nitrogens with one attached hydrogen (secondary N) is 1. The number of hydrogen-bond acceptors (Lipinski definition) is 4. The van der Waals surface area contributed by atoms with Crippen LogP contribution in [-0.2, 0) is 9.53 Å². The van der Waals surface area contributed by atoms with Crippen molar-refractivity contribution < 1.29 is 14.6 Å². The van der Waals surface area contributed by atoms with E-state index in [1.54, 1.807) is 14.2 Å². The number of hydrogen-bond donors (Lipinski definition) is 2. The average molecular weight is 284 g/mol. The minimum absolute atomic E-state index is 0.0791. The molecular formula is C15H28N2O3. The van der Waals surface area contributed by atoms with Crippen molar-refractivity contribution in [3.8, 4) is 0 Å². The lowest BCUT2D eigenvalue weighted by molar-refractivity contribution is -0.129. The Hall–Kier alpha value is -0.650. The molecule has 1 unspecified atom stereocenters. The fourth-order valence-corrected chi connectivity index (χ4v) is 3.68. The van der Waals surface area contributed by atoms with Crippen molar-refractivity contribution in [1.29, 1.82) is 0 Å². The Morgan fingerprint density at radius 2 is 2.10 bits per heavy atom. The van der Waals surface area contributed by atoms with Gasteiger partial charge in [-0.2, -0.15) is 0 Å². The summed E-state index contributed by atoms with van der Waals surface area (Å²) >= 11 is 0. The number of likely N-dealkylation sites (tertiary alicyclic amines) is 1. The second kappa shape index (κ2) is 6.41. The van der Waals surface area contributed by atoms with E-state index in [0.717, 1.165) is 26.1 Å². The van der Waals surface area contributed by atoms with Gasteiger partial charge in [-0.05, 0) is 32.2 Å². The summed E-state index contributed by atoms with van der Waals surface area (Å²) in [6.07, 6.45) is 5.58. The molecule has 0 aromatic carbocycles. The normalized spacial score (nSPS) is 29.8. The van der Waals surface area contributed by atoms with Crippen LogP contribution in [0.2, 0.25) is 0 Å². The highest BCUT2D eigenvalue weighted by Gasteiger charge is 2.42. The number of carbonyl (C=O) groups is 1. The molecule has 2 rings (SSSR count). The van der Waals surface area contributed by atoms with Crippen molar-refractivity contribution >= 4 is 5.91 Å². The Morgan fingerprint density at radius 1 is 1.35 bits per heavy atom. The molecule has 1 aliphatic heterocycles. The molecule has 1 saturated heterocycles. The second-order valence-corrected chi connectivity index (χ2v) is 6.68. The van der Waals surface area contributed by atoms with E-state index in [1.165, 1.54) is 19.3 Å². The van der Waals surface area contributed by atoms with E-state index in [1.807, 2.05) is 0 Å². The van der Waals surface area contributed by atoms with Crippen molar-refractivity contribution in [2.24, 2.45) is 5.41 Å². The van der Waals surface area contributed by atoms with Gasteiger partial charge < -0.3 is 15.2 Å². The van der Waals surface area contributed by atoms with E-state index in [2.05, 4.69) is 10.2 Å². The fourth-order valence-electron chi connectivity index (χ4n) is 3.68. The summed E-state index contributed by atoms with van der Waals surface area (Å²) in [4.78, 5) is 13.9. The predicted octanol–water partition coefficient (Wildman–Crippen LogP) is 0.766. The van der Waals surface area contributed by atoms with Crippen LogP contribution in [-0.4, -0.2) is 61.9 Å². The number of nitrogens with zero attached hydrogens (tertiary/aromatic N) is 1. The van der Waals surface area contributed by atoms with Crippen LogP contribution < -0.4 is 5.32 Å². The van der Waals surface area contributed by atoms with Gasteiger partial charge in [-0.25, -0.2) is 0 Å². The van der Waals surface area contributed by atoms with Crippen LogP contribution in [0.5, 0.6) is 0 Å². The minimum Gasteiger partial charge on any atom is -0.388 e. The molecular weight excluding hydrogens is 256 g/mol. The first-order valence-corrected chi connectivity index (χ1v) is 7.65. The fraction of sp³-hybridized carbons (Fsp3) is 0.933. The number of amides is 1. The summed E-state index contributed by atoms with van der Waals surface area (Å²) in [5.41, 5.74) is -0.587. The lowest BCUT2D eigenvalue weighted by Crippen LogP contribution is -2.54. The van der Waals surface area contributed by atoms with Gasteiger partial charge in [0.1, 0.15) is 0 Å². The molecule has 0 spiro atoms. The summed E-state index contributed by atoms with van der Waals surface area (Å²) in [7, 11) is 3.38. The van der Waals surface area contributed by atoms with E-state index in [4.69, 9.17) is 4.74 Å². The lowest BCUT2D eigenvalue weighted by Gasteiger charge is -2.48. The van der Waals surface area contributed by atoms with E-state index in [0.29, 0.717) is 13.0 Å². The van der Waals surface area contributed by atoms with E-state index >= 15 is 0 Å². The van der Waals surface area contributed by atoms with Gasteiger partial charge in [-0.3, -0.25) is 9.69 Å². The highest BCUT2D eigenvalue weighted by atomic mass is 16.5. The first kappa shape index (κ1) is 15.7. The maximum atomic E-state index is 11.5. The summed E-state index contributed by atoms with van der Waals surface area (Å²) < 4.78 is 5.37. The zero-order chi connectivity index (χ0) is 14.6. The molecule has 0 aromatic heterocycles. The Balaban J connectivity index is 1.91. The maximum absolute atomic E-state index is 11.5. The Bertz CT molecular complexity index is 344. The van der Waals surface area contributed by atoms with Crippen molar-refractivity contribution in [2.75, 3.05) is 40.4 Å². The van der Waals surface area contributed by atoms with Crippen LogP contribution in [0.4, 0.5) is 0 Å². The molecule has 0 aromatic rings. The van der Waals surface area contributed by atoms with Gasteiger partial charge in [-0.15, -0.1) is 0 Å². The average Bonchev–Trinajstić information content (AvgIpc) is 2.35. The van der Waals surface area contributed by atoms with Crippen LogP contribution in [0.3, 0.4) is 0 Å². The van der Waals surface area contributed by atoms with Gasteiger partial charge in [0.2, 0.25) is 5.91 Å². The number of ether oxygens (including phenoxy) is 1. The third-order valence-corrected chi connectivity index (χ3v) is 4.83. The summed E-state index contributed by atoms with van der Waals surface area (Å²) in [6.45, 7) is 3.40. The smallest absolute Gasteiger partial charge is 0.222 e. The van der Waals surface area contributed by atoms with E-state index in [9.17, 15) is 9.90 Å². The van der Waals surface area contributed by atoms with Gasteiger partial charge in [0.15, 0.2) is 0 Å². The zero-order valence-corrected chi connectivity index (χ0v) is 12.8. The first-order chi connectivity index (χ1) is 9.51. The number of aliphatic hydroxyl groups is 1.